The summed E-state index contributed by atoms with van der Waals surface area (Å²) in [5, 5.41) is 2.85. The molecule has 3 aromatic carbocycles. The molecule has 0 saturated carbocycles. The zero-order chi connectivity index (χ0) is 24.3. The van der Waals surface area contributed by atoms with E-state index in [1.165, 1.54) is 12.1 Å². The molecule has 0 aliphatic carbocycles. The highest BCUT2D eigenvalue weighted by molar-refractivity contribution is 7.92. The Hall–Kier alpha value is -3.43. The smallest absolute Gasteiger partial charge is 0.308 e. The summed E-state index contributed by atoms with van der Waals surface area (Å²) in [5.74, 6) is -0.364. The molecular weight excluding hydrogens is 470 g/mol. The molecule has 0 fully saturated rings. The first-order chi connectivity index (χ1) is 16.3. The van der Waals surface area contributed by atoms with E-state index < -0.39 is 10.0 Å². The van der Waals surface area contributed by atoms with Gasteiger partial charge in [-0.15, -0.1) is 0 Å². The van der Waals surface area contributed by atoms with Gasteiger partial charge in [-0.25, -0.2) is 8.42 Å². The van der Waals surface area contributed by atoms with Gasteiger partial charge in [0.25, 0.3) is 15.9 Å². The molecule has 4 rings (SSSR count). The molecule has 1 amide bonds. The molecule has 0 unspecified atom stereocenters. The summed E-state index contributed by atoms with van der Waals surface area (Å²) < 4.78 is 31.0. The van der Waals surface area contributed by atoms with Crippen molar-refractivity contribution in [3.63, 3.8) is 0 Å². The Morgan fingerprint density at radius 3 is 2.44 bits per heavy atom. The van der Waals surface area contributed by atoms with Crippen molar-refractivity contribution in [2.45, 2.75) is 31.2 Å². The summed E-state index contributed by atoms with van der Waals surface area (Å²) in [7, 11) is -3.98. The molecule has 2 N–H and O–H groups in total. The van der Waals surface area contributed by atoms with E-state index in [1.54, 1.807) is 34.9 Å². The van der Waals surface area contributed by atoms with Crippen molar-refractivity contribution in [2.24, 2.45) is 0 Å². The minimum Gasteiger partial charge on any atom is -0.352 e. The maximum Gasteiger partial charge on any atom is 0.308 e. The summed E-state index contributed by atoms with van der Waals surface area (Å²) in [6.45, 7) is 4.23. The van der Waals surface area contributed by atoms with Crippen molar-refractivity contribution < 1.29 is 13.2 Å². The lowest BCUT2D eigenvalue weighted by molar-refractivity contribution is 0.0955. The fraction of sp³-hybridized carbons (Fsp3) is 0.200. The summed E-state index contributed by atoms with van der Waals surface area (Å²) in [5.41, 5.74) is 2.21. The van der Waals surface area contributed by atoms with E-state index >= 15 is 0 Å². The van der Waals surface area contributed by atoms with Crippen molar-refractivity contribution in [3.8, 4) is 0 Å². The van der Waals surface area contributed by atoms with Crippen LogP contribution in [0.4, 0.5) is 5.69 Å². The second-order valence-corrected chi connectivity index (χ2v) is 10.8. The average molecular weight is 496 g/mol. The monoisotopic (exact) mass is 495 g/mol. The Kier molecular flexibility index (Phi) is 6.85. The highest BCUT2D eigenvalue weighted by atomic mass is 32.2. The maximum absolute atomic E-state index is 13.1. The molecule has 0 bridgehead atoms. The van der Waals surface area contributed by atoms with Crippen LogP contribution in [0, 0.1) is 0 Å². The largest absolute Gasteiger partial charge is 0.352 e. The molecule has 0 aliphatic heterocycles. The highest BCUT2D eigenvalue weighted by Gasteiger charge is 2.20. The predicted molar refractivity (Wildman–Crippen MR) is 136 cm³/mol. The van der Waals surface area contributed by atoms with E-state index in [0.717, 1.165) is 16.9 Å². The second-order valence-electron chi connectivity index (χ2n) is 8.10. The fourth-order valence-corrected chi connectivity index (χ4v) is 5.94. The van der Waals surface area contributed by atoms with E-state index in [4.69, 9.17) is 0 Å². The van der Waals surface area contributed by atoms with Crippen LogP contribution >= 0.6 is 11.3 Å². The lowest BCUT2D eigenvalue weighted by Crippen LogP contribution is -2.27. The van der Waals surface area contributed by atoms with E-state index in [1.807, 2.05) is 44.2 Å². The van der Waals surface area contributed by atoms with Crippen LogP contribution in [0.3, 0.4) is 0 Å². The SMILES string of the molecule is CC(C)n1c(=O)sc2cc(S(=O)(=O)Nc3ccccc3C(=O)NCCc3ccccc3)ccc21. The number of amides is 1. The predicted octanol–water partition coefficient (Wildman–Crippen LogP) is 4.42. The Balaban J connectivity index is 1.54. The molecule has 1 heterocycles. The molecule has 9 heteroatoms. The summed E-state index contributed by atoms with van der Waals surface area (Å²) >= 11 is 1.01. The van der Waals surface area contributed by atoms with Crippen LogP contribution in [-0.2, 0) is 16.4 Å². The number of para-hydroxylation sites is 1. The van der Waals surface area contributed by atoms with E-state index in [9.17, 15) is 18.0 Å². The molecule has 0 radical (unpaired) electrons. The molecule has 0 spiro atoms. The standard InChI is InChI=1S/C25H25N3O4S2/c1-17(2)28-22-13-12-19(16-23(22)33-25(28)30)34(31,32)27-21-11-7-6-10-20(21)24(29)26-15-14-18-8-4-3-5-9-18/h3-13,16-17,27H,14-15H2,1-2H3,(H,26,29). The van der Waals surface area contributed by atoms with Gasteiger partial charge in [-0.2, -0.15) is 0 Å². The van der Waals surface area contributed by atoms with Gasteiger partial charge >= 0.3 is 4.87 Å². The molecular formula is C25H25N3O4S2. The summed E-state index contributed by atoms with van der Waals surface area (Å²) in [4.78, 5) is 25.0. The van der Waals surface area contributed by atoms with E-state index in [-0.39, 0.29) is 33.0 Å². The fourth-order valence-electron chi connectivity index (χ4n) is 3.71. The van der Waals surface area contributed by atoms with Gasteiger partial charge in [-0.3, -0.25) is 18.9 Å². The van der Waals surface area contributed by atoms with Gasteiger partial charge < -0.3 is 5.32 Å². The van der Waals surface area contributed by atoms with Gasteiger partial charge in [-0.1, -0.05) is 53.8 Å². The number of sulfonamides is 1. The van der Waals surface area contributed by atoms with Gasteiger partial charge in [0.2, 0.25) is 0 Å². The third-order valence-corrected chi connectivity index (χ3v) is 7.65. The second kappa shape index (κ2) is 9.82. The average Bonchev–Trinajstić information content (AvgIpc) is 3.15. The molecule has 1 aromatic heterocycles. The van der Waals surface area contributed by atoms with Crippen molar-refractivity contribution in [1.82, 2.24) is 9.88 Å². The van der Waals surface area contributed by atoms with Crippen molar-refractivity contribution in [3.05, 3.63) is 93.6 Å². The third kappa shape index (κ3) is 5.05. The van der Waals surface area contributed by atoms with Crippen LogP contribution in [0.15, 0.2) is 82.5 Å². The summed E-state index contributed by atoms with van der Waals surface area (Å²) in [6, 6.07) is 20.8. The van der Waals surface area contributed by atoms with Crippen molar-refractivity contribution in [2.75, 3.05) is 11.3 Å². The van der Waals surface area contributed by atoms with Crippen LogP contribution < -0.4 is 14.9 Å². The quantitative estimate of drug-likeness (QED) is 0.378. The van der Waals surface area contributed by atoms with E-state index in [0.29, 0.717) is 23.2 Å². The highest BCUT2D eigenvalue weighted by Crippen LogP contribution is 2.26. The van der Waals surface area contributed by atoms with Crippen LogP contribution in [0.25, 0.3) is 10.2 Å². The molecule has 34 heavy (non-hydrogen) atoms. The number of hydrogen-bond donors (Lipinski definition) is 2. The van der Waals surface area contributed by atoms with Gasteiger partial charge in [0.05, 0.1) is 26.4 Å². The van der Waals surface area contributed by atoms with Crippen LogP contribution in [-0.4, -0.2) is 25.4 Å². The lowest BCUT2D eigenvalue weighted by atomic mass is 10.1. The number of fused-ring (bicyclic) bond motifs is 1. The number of hydrogen-bond acceptors (Lipinski definition) is 5. The van der Waals surface area contributed by atoms with Crippen molar-refractivity contribution in [1.29, 1.82) is 0 Å². The topological polar surface area (TPSA) is 97.3 Å². The molecule has 0 saturated heterocycles. The Labute approximate surface area is 202 Å². The number of carbonyl (C=O) groups is 1. The zero-order valence-corrected chi connectivity index (χ0v) is 20.4. The normalized spacial score (nSPS) is 11.6. The van der Waals surface area contributed by atoms with Gasteiger partial charge in [-0.05, 0) is 56.2 Å². The van der Waals surface area contributed by atoms with E-state index in [2.05, 4.69) is 10.0 Å². The van der Waals surface area contributed by atoms with Crippen LogP contribution in [0.1, 0.15) is 35.8 Å². The molecule has 7 nitrogen and oxygen atoms in total. The van der Waals surface area contributed by atoms with Crippen LogP contribution in [0.2, 0.25) is 0 Å². The minimum atomic E-state index is -3.98. The number of thiazole rings is 1. The molecule has 4 aromatic rings. The molecule has 176 valence electrons. The number of carbonyl (C=O) groups excluding carboxylic acids is 1. The third-order valence-electron chi connectivity index (χ3n) is 5.37. The van der Waals surface area contributed by atoms with Gasteiger partial charge in [0.1, 0.15) is 0 Å². The Bertz CT molecular complexity index is 1490. The first-order valence-corrected chi connectivity index (χ1v) is 13.2. The number of aromatic nitrogens is 1. The van der Waals surface area contributed by atoms with Gasteiger partial charge in [0.15, 0.2) is 0 Å². The van der Waals surface area contributed by atoms with Crippen LogP contribution in [0.5, 0.6) is 0 Å². The molecule has 0 aliphatic rings. The Morgan fingerprint density at radius 1 is 1.00 bits per heavy atom. The van der Waals surface area contributed by atoms with Crippen molar-refractivity contribution >= 4 is 43.2 Å². The maximum atomic E-state index is 13.1. The number of benzene rings is 3. The number of rotatable bonds is 8. The first-order valence-electron chi connectivity index (χ1n) is 10.9. The lowest BCUT2D eigenvalue weighted by Gasteiger charge is -2.13. The van der Waals surface area contributed by atoms with Gasteiger partial charge in [0, 0.05) is 12.6 Å². The molecule has 0 atom stereocenters. The number of nitrogens with zero attached hydrogens (tertiary/aromatic N) is 1. The first kappa shape index (κ1) is 23.7. The number of anilines is 1. The Morgan fingerprint density at radius 2 is 1.71 bits per heavy atom. The minimum absolute atomic E-state index is 0.0245. The number of nitrogens with one attached hydrogen (secondary N) is 2. The zero-order valence-electron chi connectivity index (χ0n) is 18.8. The summed E-state index contributed by atoms with van der Waals surface area (Å²) in [6.07, 6.45) is 0.666.